The lowest BCUT2D eigenvalue weighted by atomic mass is 10.1. The molecule has 8 nitrogen and oxygen atoms in total. The summed E-state index contributed by atoms with van der Waals surface area (Å²) < 4.78 is 7.09. The number of rotatable bonds is 5. The van der Waals surface area contributed by atoms with E-state index in [2.05, 4.69) is 20.1 Å². The van der Waals surface area contributed by atoms with Crippen molar-refractivity contribution in [3.05, 3.63) is 88.3 Å². The van der Waals surface area contributed by atoms with Crippen LogP contribution in [-0.4, -0.2) is 21.6 Å². The van der Waals surface area contributed by atoms with E-state index < -0.39 is 0 Å². The van der Waals surface area contributed by atoms with Gasteiger partial charge in [-0.25, -0.2) is 14.8 Å². The standard InChI is InChI=1S/C23H20N6O2/c1-14(27-21-17(25-2)13-26-23(24)28-21)18-12-15-8-7-11-19(31-3)20(15)22(30)29(18)16-9-5-4-6-10-16/h4-14H,1,3H3,(H3,24,26,27,28)/t14-/m0/s1. The second-order valence-electron chi connectivity index (χ2n) is 6.91. The number of fused-ring (bicyclic) bond motifs is 1. The first-order valence-electron chi connectivity index (χ1n) is 9.58. The fourth-order valence-electron chi connectivity index (χ4n) is 3.54. The molecule has 0 aliphatic carbocycles. The smallest absolute Gasteiger partial charge is 0.267 e. The minimum atomic E-state index is -0.377. The van der Waals surface area contributed by atoms with Crippen LogP contribution in [0.5, 0.6) is 5.75 Å². The predicted octanol–water partition coefficient (Wildman–Crippen LogP) is 4.10. The van der Waals surface area contributed by atoms with Gasteiger partial charge >= 0.3 is 0 Å². The number of anilines is 2. The Kier molecular flexibility index (Phi) is 5.24. The highest BCUT2D eigenvalue weighted by atomic mass is 16.5. The Morgan fingerprint density at radius 1 is 1.19 bits per heavy atom. The Bertz CT molecular complexity index is 1360. The molecule has 0 amide bonds. The van der Waals surface area contributed by atoms with Crippen LogP contribution in [0.1, 0.15) is 18.7 Å². The second kappa shape index (κ2) is 8.16. The minimum Gasteiger partial charge on any atom is -0.496 e. The molecule has 8 heteroatoms. The lowest BCUT2D eigenvalue weighted by Crippen LogP contribution is -2.26. The maximum atomic E-state index is 13.6. The number of ether oxygens (including phenoxy) is 1. The van der Waals surface area contributed by atoms with E-state index >= 15 is 0 Å². The molecule has 4 rings (SSSR count). The van der Waals surface area contributed by atoms with Crippen LogP contribution in [-0.2, 0) is 0 Å². The summed E-state index contributed by atoms with van der Waals surface area (Å²) in [6.45, 7) is 9.26. The SMILES string of the molecule is [C-]#[N+]c1cnc(N)nc1N[C@@H](C)c1cc2cccc(OC)c2c(=O)n1-c1ccccc1. The summed E-state index contributed by atoms with van der Waals surface area (Å²) in [4.78, 5) is 25.1. The molecule has 0 saturated carbocycles. The van der Waals surface area contributed by atoms with Crippen molar-refractivity contribution < 1.29 is 4.74 Å². The number of hydrogen-bond acceptors (Lipinski definition) is 6. The zero-order valence-electron chi connectivity index (χ0n) is 17.0. The first-order chi connectivity index (χ1) is 15.0. The number of methoxy groups -OCH3 is 1. The van der Waals surface area contributed by atoms with E-state index in [0.717, 1.165) is 11.1 Å². The number of nitrogens with zero attached hydrogens (tertiary/aromatic N) is 4. The summed E-state index contributed by atoms with van der Waals surface area (Å²) in [6, 6.07) is 16.4. The van der Waals surface area contributed by atoms with E-state index in [1.807, 2.05) is 55.5 Å². The van der Waals surface area contributed by atoms with Gasteiger partial charge in [-0.1, -0.05) is 30.3 Å². The van der Waals surface area contributed by atoms with Gasteiger partial charge in [0.2, 0.25) is 11.6 Å². The van der Waals surface area contributed by atoms with Crippen LogP contribution >= 0.6 is 0 Å². The number of hydrogen-bond donors (Lipinski definition) is 2. The molecule has 2 aromatic carbocycles. The third kappa shape index (κ3) is 3.65. The number of nitrogens with two attached hydrogens (primary N) is 1. The van der Waals surface area contributed by atoms with Crippen molar-refractivity contribution in [1.29, 1.82) is 0 Å². The minimum absolute atomic E-state index is 0.0609. The monoisotopic (exact) mass is 412 g/mol. The van der Waals surface area contributed by atoms with Gasteiger partial charge in [0.1, 0.15) is 11.6 Å². The number of para-hydroxylation sites is 1. The van der Waals surface area contributed by atoms with E-state index in [1.165, 1.54) is 6.20 Å². The molecule has 3 N–H and O–H groups in total. The van der Waals surface area contributed by atoms with Gasteiger partial charge in [0, 0.05) is 17.6 Å². The van der Waals surface area contributed by atoms with E-state index in [0.29, 0.717) is 22.6 Å². The Balaban J connectivity index is 1.94. The molecular weight excluding hydrogens is 392 g/mol. The zero-order chi connectivity index (χ0) is 22.0. The van der Waals surface area contributed by atoms with Gasteiger partial charge in [-0.3, -0.25) is 9.36 Å². The Hall–Kier alpha value is -4.38. The summed E-state index contributed by atoms with van der Waals surface area (Å²) in [6.07, 6.45) is 1.37. The maximum Gasteiger partial charge on any atom is 0.267 e. The van der Waals surface area contributed by atoms with Crippen LogP contribution in [0, 0.1) is 6.57 Å². The molecule has 2 heterocycles. The van der Waals surface area contributed by atoms with Crippen LogP contribution in [0.3, 0.4) is 0 Å². The highest BCUT2D eigenvalue weighted by molar-refractivity contribution is 5.88. The Labute approximate surface area is 178 Å². The first kappa shape index (κ1) is 19.9. The van der Waals surface area contributed by atoms with Gasteiger partial charge in [0.05, 0.1) is 25.1 Å². The molecule has 1 atom stereocenters. The number of pyridine rings is 1. The topological polar surface area (TPSA) is 99.4 Å². The van der Waals surface area contributed by atoms with Crippen molar-refractivity contribution in [2.24, 2.45) is 0 Å². The first-order valence-corrected chi connectivity index (χ1v) is 9.58. The molecule has 0 unspecified atom stereocenters. The van der Waals surface area contributed by atoms with Gasteiger partial charge in [0.15, 0.2) is 0 Å². The lowest BCUT2D eigenvalue weighted by molar-refractivity contribution is 0.419. The van der Waals surface area contributed by atoms with Gasteiger partial charge in [0.25, 0.3) is 5.56 Å². The van der Waals surface area contributed by atoms with Crippen LogP contribution in [0.25, 0.3) is 21.3 Å². The summed E-state index contributed by atoms with van der Waals surface area (Å²) >= 11 is 0. The largest absolute Gasteiger partial charge is 0.496 e. The van der Waals surface area contributed by atoms with Crippen molar-refractivity contribution in [3.8, 4) is 11.4 Å². The average molecular weight is 412 g/mol. The fraction of sp³-hybridized carbons (Fsp3) is 0.130. The van der Waals surface area contributed by atoms with Gasteiger partial charge in [-0.15, -0.1) is 0 Å². The van der Waals surface area contributed by atoms with Crippen molar-refractivity contribution in [1.82, 2.24) is 14.5 Å². The maximum absolute atomic E-state index is 13.6. The van der Waals surface area contributed by atoms with Crippen molar-refractivity contribution in [2.45, 2.75) is 13.0 Å². The summed E-state index contributed by atoms with van der Waals surface area (Å²) in [5, 5.41) is 4.47. The third-order valence-electron chi connectivity index (χ3n) is 4.98. The molecule has 154 valence electrons. The summed E-state index contributed by atoms with van der Waals surface area (Å²) in [5.41, 5.74) is 7.18. The van der Waals surface area contributed by atoms with Gasteiger partial charge in [-0.2, -0.15) is 0 Å². The van der Waals surface area contributed by atoms with Crippen molar-refractivity contribution in [2.75, 3.05) is 18.2 Å². The number of nitrogens with one attached hydrogen (secondary N) is 1. The molecule has 31 heavy (non-hydrogen) atoms. The summed E-state index contributed by atoms with van der Waals surface area (Å²) in [5.74, 6) is 0.886. The highest BCUT2D eigenvalue weighted by Crippen LogP contribution is 2.30. The molecule has 4 aromatic rings. The molecular formula is C23H20N6O2. The van der Waals surface area contributed by atoms with Gasteiger partial charge in [-0.05, 0) is 36.6 Å². The molecule has 0 saturated heterocycles. The number of nitrogen functional groups attached to an aromatic ring is 1. The highest BCUT2D eigenvalue weighted by Gasteiger charge is 2.19. The zero-order valence-corrected chi connectivity index (χ0v) is 17.0. The quantitative estimate of drug-likeness (QED) is 0.479. The summed E-state index contributed by atoms with van der Waals surface area (Å²) in [7, 11) is 1.55. The van der Waals surface area contributed by atoms with E-state index in [9.17, 15) is 4.79 Å². The van der Waals surface area contributed by atoms with Crippen molar-refractivity contribution >= 4 is 28.2 Å². The molecule has 0 aliphatic rings. The van der Waals surface area contributed by atoms with E-state index in [4.69, 9.17) is 17.0 Å². The van der Waals surface area contributed by atoms with Crippen molar-refractivity contribution in [3.63, 3.8) is 0 Å². The van der Waals surface area contributed by atoms with E-state index in [-0.39, 0.29) is 23.2 Å². The number of aromatic nitrogens is 3. The lowest BCUT2D eigenvalue weighted by Gasteiger charge is -2.22. The molecule has 0 bridgehead atoms. The Morgan fingerprint density at radius 3 is 2.68 bits per heavy atom. The third-order valence-corrected chi connectivity index (χ3v) is 4.98. The fourth-order valence-corrected chi connectivity index (χ4v) is 3.54. The van der Waals surface area contributed by atoms with Gasteiger partial charge < -0.3 is 15.8 Å². The average Bonchev–Trinajstić information content (AvgIpc) is 2.79. The molecule has 0 aliphatic heterocycles. The molecule has 0 fully saturated rings. The normalized spacial score (nSPS) is 11.6. The van der Waals surface area contributed by atoms with E-state index in [1.54, 1.807) is 17.7 Å². The van der Waals surface area contributed by atoms with Crippen LogP contribution in [0.15, 0.2) is 65.6 Å². The molecule has 2 aromatic heterocycles. The number of benzene rings is 2. The Morgan fingerprint density at radius 2 is 1.97 bits per heavy atom. The van der Waals surface area contributed by atoms with Crippen LogP contribution < -0.4 is 21.3 Å². The molecule has 0 spiro atoms. The van der Waals surface area contributed by atoms with Crippen LogP contribution in [0.4, 0.5) is 17.5 Å². The molecule has 0 radical (unpaired) electrons. The second-order valence-corrected chi connectivity index (χ2v) is 6.91. The predicted molar refractivity (Wildman–Crippen MR) is 121 cm³/mol. The van der Waals surface area contributed by atoms with Crippen LogP contribution in [0.2, 0.25) is 0 Å².